The van der Waals surface area contributed by atoms with Crippen LogP contribution in [-0.2, 0) is 21.5 Å². The molecule has 0 bridgehead atoms. The summed E-state index contributed by atoms with van der Waals surface area (Å²) in [6.45, 7) is -0.544. The van der Waals surface area contributed by atoms with Gasteiger partial charge in [-0.3, -0.25) is 19.8 Å². The number of hydrogen-bond donors (Lipinski definition) is 3. The highest BCUT2D eigenvalue weighted by Gasteiger charge is 2.54. The summed E-state index contributed by atoms with van der Waals surface area (Å²) in [5.74, 6) is -1.28. The van der Waals surface area contributed by atoms with Gasteiger partial charge in [0.15, 0.2) is 0 Å². The summed E-state index contributed by atoms with van der Waals surface area (Å²) in [5, 5.41) is 4.57. The zero-order chi connectivity index (χ0) is 16.6. The highest BCUT2D eigenvalue weighted by atomic mass is 16.2. The number of nitrogens with two attached hydrogens (primary N) is 1. The number of nitrogens with zero attached hydrogens (tertiary/aromatic N) is 1. The van der Waals surface area contributed by atoms with Crippen LogP contribution >= 0.6 is 0 Å². The lowest BCUT2D eigenvalue weighted by molar-refractivity contribution is -0.135. The lowest BCUT2D eigenvalue weighted by atomic mass is 9.76. The smallest absolute Gasteiger partial charge is 0.325 e. The van der Waals surface area contributed by atoms with Crippen LogP contribution in [0.15, 0.2) is 24.3 Å². The molecule has 0 radical (unpaired) electrons. The quantitative estimate of drug-likeness (QED) is 0.663. The molecular formula is C15H16N4O4. The minimum absolute atomic E-state index is 0.475. The van der Waals surface area contributed by atoms with E-state index < -0.39 is 36.0 Å². The van der Waals surface area contributed by atoms with Gasteiger partial charge in [0.05, 0.1) is 0 Å². The van der Waals surface area contributed by atoms with Gasteiger partial charge < -0.3 is 11.1 Å². The maximum atomic E-state index is 12.8. The number of urea groups is 2. The van der Waals surface area contributed by atoms with Gasteiger partial charge in [0.1, 0.15) is 12.1 Å². The van der Waals surface area contributed by atoms with Crippen LogP contribution in [0.2, 0.25) is 0 Å². The van der Waals surface area contributed by atoms with Gasteiger partial charge in [-0.15, -0.1) is 0 Å². The first-order chi connectivity index (χ1) is 10.9. The monoisotopic (exact) mass is 316 g/mol. The summed E-state index contributed by atoms with van der Waals surface area (Å²) in [5.41, 5.74) is 5.51. The fraction of sp³-hybridized carbons (Fsp3) is 0.333. The van der Waals surface area contributed by atoms with Gasteiger partial charge in [-0.1, -0.05) is 24.3 Å². The highest BCUT2D eigenvalue weighted by Crippen LogP contribution is 2.39. The second kappa shape index (κ2) is 5.38. The van der Waals surface area contributed by atoms with Crippen molar-refractivity contribution in [1.29, 1.82) is 0 Å². The molecule has 1 heterocycles. The molecule has 0 unspecified atom stereocenters. The van der Waals surface area contributed by atoms with Gasteiger partial charge >= 0.3 is 12.1 Å². The van der Waals surface area contributed by atoms with Crippen molar-refractivity contribution in [3.8, 4) is 0 Å². The van der Waals surface area contributed by atoms with Crippen molar-refractivity contribution < 1.29 is 19.2 Å². The number of imide groups is 2. The van der Waals surface area contributed by atoms with Crippen molar-refractivity contribution in [3.05, 3.63) is 35.4 Å². The number of aryl methyl sites for hydroxylation is 1. The van der Waals surface area contributed by atoms with Crippen LogP contribution < -0.4 is 16.4 Å². The molecule has 1 aliphatic heterocycles. The van der Waals surface area contributed by atoms with Crippen LogP contribution in [0.3, 0.4) is 0 Å². The molecular weight excluding hydrogens is 300 g/mol. The normalized spacial score (nSPS) is 22.7. The van der Waals surface area contributed by atoms with E-state index in [2.05, 4.69) is 5.32 Å². The van der Waals surface area contributed by atoms with Crippen molar-refractivity contribution in [1.82, 2.24) is 15.5 Å². The molecule has 0 saturated carbocycles. The van der Waals surface area contributed by atoms with Gasteiger partial charge in [0.2, 0.25) is 5.91 Å². The van der Waals surface area contributed by atoms with Crippen LogP contribution in [0.5, 0.6) is 0 Å². The Balaban J connectivity index is 1.90. The summed E-state index contributed by atoms with van der Waals surface area (Å²) in [7, 11) is 0. The summed E-state index contributed by atoms with van der Waals surface area (Å²) >= 11 is 0. The van der Waals surface area contributed by atoms with Crippen LogP contribution in [0, 0.1) is 0 Å². The molecule has 1 saturated heterocycles. The van der Waals surface area contributed by atoms with Gasteiger partial charge in [-0.05, 0) is 30.4 Å². The first-order valence-corrected chi connectivity index (χ1v) is 7.26. The van der Waals surface area contributed by atoms with Gasteiger partial charge in [-0.25, -0.2) is 9.59 Å². The Labute approximate surface area is 132 Å². The molecule has 4 N–H and O–H groups in total. The van der Waals surface area contributed by atoms with Crippen LogP contribution in [0.25, 0.3) is 0 Å². The van der Waals surface area contributed by atoms with Gasteiger partial charge in [0, 0.05) is 0 Å². The SMILES string of the molecule is NC(=O)NC(=O)CN1C(=O)N[C@]2(CCCc3ccccc32)C1=O. The van der Waals surface area contributed by atoms with E-state index in [0.717, 1.165) is 28.9 Å². The number of rotatable bonds is 2. The van der Waals surface area contributed by atoms with Crippen molar-refractivity contribution in [2.45, 2.75) is 24.8 Å². The molecule has 1 aromatic rings. The number of hydrogen-bond acceptors (Lipinski definition) is 4. The second-order valence-corrected chi connectivity index (χ2v) is 5.65. The minimum Gasteiger partial charge on any atom is -0.351 e. The maximum Gasteiger partial charge on any atom is 0.325 e. The number of nitrogens with one attached hydrogen (secondary N) is 2. The van der Waals surface area contributed by atoms with E-state index in [-0.39, 0.29) is 0 Å². The topological polar surface area (TPSA) is 122 Å². The Morgan fingerprint density at radius 2 is 2.04 bits per heavy atom. The molecule has 120 valence electrons. The molecule has 8 heteroatoms. The lowest BCUT2D eigenvalue weighted by Crippen LogP contribution is -2.48. The molecule has 1 aromatic carbocycles. The zero-order valence-corrected chi connectivity index (χ0v) is 12.3. The van der Waals surface area contributed by atoms with Crippen LogP contribution in [0.1, 0.15) is 24.0 Å². The molecule has 6 amide bonds. The van der Waals surface area contributed by atoms with Crippen molar-refractivity contribution in [2.24, 2.45) is 5.73 Å². The van der Waals surface area contributed by atoms with E-state index in [9.17, 15) is 19.2 Å². The predicted octanol–water partition coefficient (Wildman–Crippen LogP) is -0.0351. The predicted molar refractivity (Wildman–Crippen MR) is 79.0 cm³/mol. The van der Waals surface area contributed by atoms with Gasteiger partial charge in [-0.2, -0.15) is 0 Å². The number of fused-ring (bicyclic) bond motifs is 2. The summed E-state index contributed by atoms with van der Waals surface area (Å²) < 4.78 is 0. The summed E-state index contributed by atoms with van der Waals surface area (Å²) in [6, 6.07) is 5.77. The lowest BCUT2D eigenvalue weighted by Gasteiger charge is -2.33. The van der Waals surface area contributed by atoms with E-state index in [1.165, 1.54) is 0 Å². The average Bonchev–Trinajstić information content (AvgIpc) is 2.72. The third kappa shape index (κ3) is 2.41. The number of carbonyl (C=O) groups excluding carboxylic acids is 4. The Kier molecular flexibility index (Phi) is 3.51. The van der Waals surface area contributed by atoms with E-state index in [1.54, 1.807) is 0 Å². The van der Waals surface area contributed by atoms with Crippen LogP contribution in [-0.4, -0.2) is 35.3 Å². The molecule has 1 aliphatic carbocycles. The third-order valence-electron chi connectivity index (χ3n) is 4.22. The number of benzene rings is 1. The molecule has 8 nitrogen and oxygen atoms in total. The molecule has 2 aliphatic rings. The Morgan fingerprint density at radius 1 is 1.30 bits per heavy atom. The van der Waals surface area contributed by atoms with E-state index in [1.807, 2.05) is 29.6 Å². The Hall–Kier alpha value is -2.90. The van der Waals surface area contributed by atoms with E-state index in [0.29, 0.717) is 6.42 Å². The fourth-order valence-corrected chi connectivity index (χ4v) is 3.28. The molecule has 1 fully saturated rings. The number of carbonyl (C=O) groups is 4. The molecule has 23 heavy (non-hydrogen) atoms. The van der Waals surface area contributed by atoms with E-state index >= 15 is 0 Å². The number of amides is 6. The van der Waals surface area contributed by atoms with Crippen molar-refractivity contribution in [2.75, 3.05) is 6.54 Å². The maximum absolute atomic E-state index is 12.8. The first kappa shape index (κ1) is 15.0. The van der Waals surface area contributed by atoms with Crippen molar-refractivity contribution >= 4 is 23.9 Å². The first-order valence-electron chi connectivity index (χ1n) is 7.26. The molecule has 1 spiro atoms. The minimum atomic E-state index is -1.13. The highest BCUT2D eigenvalue weighted by molar-refractivity contribution is 6.10. The number of primary amides is 1. The summed E-state index contributed by atoms with van der Waals surface area (Å²) in [6.07, 6.45) is 2.07. The van der Waals surface area contributed by atoms with E-state index in [4.69, 9.17) is 5.73 Å². The average molecular weight is 316 g/mol. The molecule has 0 aromatic heterocycles. The van der Waals surface area contributed by atoms with Gasteiger partial charge in [0.25, 0.3) is 5.91 Å². The Bertz CT molecular complexity index is 717. The van der Waals surface area contributed by atoms with Crippen LogP contribution in [0.4, 0.5) is 9.59 Å². The molecule has 3 rings (SSSR count). The summed E-state index contributed by atoms with van der Waals surface area (Å²) in [4.78, 5) is 48.2. The zero-order valence-electron chi connectivity index (χ0n) is 12.3. The third-order valence-corrected chi connectivity index (χ3v) is 4.22. The Morgan fingerprint density at radius 3 is 2.78 bits per heavy atom. The molecule has 1 atom stereocenters. The van der Waals surface area contributed by atoms with Crippen molar-refractivity contribution in [3.63, 3.8) is 0 Å². The second-order valence-electron chi connectivity index (χ2n) is 5.65. The largest absolute Gasteiger partial charge is 0.351 e. The fourth-order valence-electron chi connectivity index (χ4n) is 3.28. The standard InChI is InChI=1S/C15H16N4O4/c16-13(22)17-11(20)8-19-12(21)15(18-14(19)23)7-3-5-9-4-1-2-6-10(9)15/h1-2,4,6H,3,5,7-8H2,(H,18,23)(H3,16,17,20,22)/t15-/m0/s1.